The molecule has 0 bridgehead atoms. The minimum absolute atomic E-state index is 0.0235. The van der Waals surface area contributed by atoms with E-state index in [1.54, 1.807) is 0 Å². The number of benzene rings is 1. The van der Waals surface area contributed by atoms with Crippen LogP contribution in [0.15, 0.2) is 18.2 Å². The van der Waals surface area contributed by atoms with Crippen LogP contribution in [0.25, 0.3) is 0 Å². The lowest BCUT2D eigenvalue weighted by molar-refractivity contribution is 0.0167. The normalized spacial score (nSPS) is 17.8. The van der Waals surface area contributed by atoms with Gasteiger partial charge in [0.25, 0.3) is 0 Å². The summed E-state index contributed by atoms with van der Waals surface area (Å²) >= 11 is 0. The monoisotopic (exact) mass is 235 g/mol. The smallest absolute Gasteiger partial charge is 0.129 e. The molecule has 0 radical (unpaired) electrons. The molecule has 0 N–H and O–H groups in total. The zero-order valence-corrected chi connectivity index (χ0v) is 10.3. The number of ether oxygens (including phenoxy) is 1. The van der Waals surface area contributed by atoms with Gasteiger partial charge in [-0.1, -0.05) is 5.24 Å². The standard InChI is InChI=1S/C10H14B3F2NO/c11-10(12,13)16-4-9(5-16)17-8-2-6(14)1-7(15)3-8/h1-3,9H,4-5,11-13H2. The van der Waals surface area contributed by atoms with Crippen LogP contribution in [0.4, 0.5) is 8.78 Å². The predicted molar refractivity (Wildman–Crippen MR) is 70.7 cm³/mol. The van der Waals surface area contributed by atoms with Crippen LogP contribution in [-0.2, 0) is 0 Å². The Balaban J connectivity index is 1.92. The van der Waals surface area contributed by atoms with Crippen LogP contribution in [0.1, 0.15) is 0 Å². The molecule has 1 aliphatic heterocycles. The zero-order chi connectivity index (χ0) is 12.6. The summed E-state index contributed by atoms with van der Waals surface area (Å²) < 4.78 is 31.4. The van der Waals surface area contributed by atoms with Gasteiger partial charge in [0.05, 0.1) is 0 Å². The third-order valence-corrected chi connectivity index (χ3v) is 2.94. The Labute approximate surface area is 103 Å². The van der Waals surface area contributed by atoms with E-state index >= 15 is 0 Å². The second kappa shape index (κ2) is 4.37. The van der Waals surface area contributed by atoms with Gasteiger partial charge in [0, 0.05) is 31.3 Å². The fraction of sp³-hybridized carbons (Fsp3) is 0.400. The number of halogens is 2. The fourth-order valence-corrected chi connectivity index (χ4v) is 1.85. The first kappa shape index (κ1) is 12.5. The third-order valence-electron chi connectivity index (χ3n) is 2.94. The van der Waals surface area contributed by atoms with Crippen molar-refractivity contribution in [3.8, 4) is 5.75 Å². The maximum absolute atomic E-state index is 12.9. The number of rotatable bonds is 3. The Morgan fingerprint density at radius 2 is 1.65 bits per heavy atom. The lowest BCUT2D eigenvalue weighted by Gasteiger charge is -2.47. The van der Waals surface area contributed by atoms with Crippen molar-refractivity contribution in [1.82, 2.24) is 4.90 Å². The van der Waals surface area contributed by atoms with E-state index in [0.717, 1.165) is 19.2 Å². The zero-order valence-electron chi connectivity index (χ0n) is 10.3. The van der Waals surface area contributed by atoms with Crippen molar-refractivity contribution < 1.29 is 13.5 Å². The molecule has 1 aromatic rings. The van der Waals surface area contributed by atoms with Gasteiger partial charge in [0.2, 0.25) is 0 Å². The van der Waals surface area contributed by atoms with Crippen molar-refractivity contribution in [2.75, 3.05) is 13.1 Å². The van der Waals surface area contributed by atoms with Gasteiger partial charge in [-0.2, -0.15) is 0 Å². The minimum atomic E-state index is -0.605. The quantitative estimate of drug-likeness (QED) is 0.593. The fourth-order valence-electron chi connectivity index (χ4n) is 1.85. The average Bonchev–Trinajstić information content (AvgIpc) is 2.06. The van der Waals surface area contributed by atoms with Gasteiger partial charge in [0.1, 0.15) is 47.0 Å². The topological polar surface area (TPSA) is 12.5 Å². The van der Waals surface area contributed by atoms with E-state index in [-0.39, 0.29) is 17.1 Å². The average molecular weight is 235 g/mol. The summed E-state index contributed by atoms with van der Waals surface area (Å²) in [4.78, 5) is 2.26. The van der Waals surface area contributed by atoms with Crippen LogP contribution in [0.2, 0.25) is 0 Å². The van der Waals surface area contributed by atoms with Gasteiger partial charge < -0.3 is 9.64 Å². The molecule has 0 spiro atoms. The summed E-state index contributed by atoms with van der Waals surface area (Å²) in [6.45, 7) is 1.59. The van der Waals surface area contributed by atoms with E-state index in [9.17, 15) is 8.78 Å². The molecular formula is C10H14B3F2NO. The van der Waals surface area contributed by atoms with Gasteiger partial charge in [-0.25, -0.2) is 8.78 Å². The molecule has 0 unspecified atom stereocenters. The number of nitrogens with zero attached hydrogens (tertiary/aromatic N) is 1. The molecule has 0 amide bonds. The van der Waals surface area contributed by atoms with Gasteiger partial charge in [-0.05, 0) is 0 Å². The summed E-state index contributed by atoms with van der Waals surface area (Å²) in [6.07, 6.45) is 0.0235. The summed E-state index contributed by atoms with van der Waals surface area (Å²) in [5.41, 5.74) is 0. The van der Waals surface area contributed by atoms with Gasteiger partial charge >= 0.3 is 0 Å². The number of hydrogen-bond donors (Lipinski definition) is 0. The molecule has 17 heavy (non-hydrogen) atoms. The van der Waals surface area contributed by atoms with E-state index in [0.29, 0.717) is 0 Å². The van der Waals surface area contributed by atoms with Crippen molar-refractivity contribution in [2.24, 2.45) is 0 Å². The van der Waals surface area contributed by atoms with Crippen molar-refractivity contribution in [3.05, 3.63) is 29.8 Å². The van der Waals surface area contributed by atoms with Crippen LogP contribution in [-0.4, -0.2) is 52.9 Å². The lowest BCUT2D eigenvalue weighted by atomic mass is 9.47. The molecule has 1 aromatic carbocycles. The van der Waals surface area contributed by atoms with E-state index in [4.69, 9.17) is 4.74 Å². The van der Waals surface area contributed by atoms with Crippen LogP contribution in [0.3, 0.4) is 0 Å². The Kier molecular flexibility index (Phi) is 3.21. The molecule has 1 saturated heterocycles. The van der Waals surface area contributed by atoms with Gasteiger partial charge in [-0.3, -0.25) is 0 Å². The Morgan fingerprint density at radius 1 is 1.12 bits per heavy atom. The molecule has 7 heteroatoms. The van der Waals surface area contributed by atoms with Crippen LogP contribution in [0.5, 0.6) is 5.75 Å². The first-order valence-corrected chi connectivity index (χ1v) is 5.72. The Bertz CT molecular complexity index is 398. The minimum Gasteiger partial charge on any atom is -0.488 e. The van der Waals surface area contributed by atoms with E-state index in [1.165, 1.54) is 12.1 Å². The van der Waals surface area contributed by atoms with Crippen molar-refractivity contribution in [2.45, 2.75) is 11.3 Å². The highest BCUT2D eigenvalue weighted by Crippen LogP contribution is 2.22. The van der Waals surface area contributed by atoms with Crippen molar-refractivity contribution in [1.29, 1.82) is 0 Å². The summed E-state index contributed by atoms with van der Waals surface area (Å²) in [6, 6.07) is 3.26. The molecule has 88 valence electrons. The third kappa shape index (κ3) is 3.03. The molecule has 1 heterocycles. The second-order valence-corrected chi connectivity index (χ2v) is 5.42. The highest BCUT2D eigenvalue weighted by Gasteiger charge is 2.35. The number of likely N-dealkylation sites (tertiary alicyclic amines) is 1. The van der Waals surface area contributed by atoms with Gasteiger partial charge in [0.15, 0.2) is 0 Å². The highest BCUT2D eigenvalue weighted by atomic mass is 19.1. The molecule has 0 atom stereocenters. The molecule has 1 fully saturated rings. The maximum atomic E-state index is 12.9. The Morgan fingerprint density at radius 3 is 2.12 bits per heavy atom. The van der Waals surface area contributed by atoms with Crippen LogP contribution < -0.4 is 4.74 Å². The molecule has 1 aliphatic rings. The van der Waals surface area contributed by atoms with Crippen molar-refractivity contribution >= 4 is 23.5 Å². The summed E-state index contributed by atoms with van der Waals surface area (Å²) in [7, 11) is 6.39. The van der Waals surface area contributed by atoms with Gasteiger partial charge in [-0.15, -0.1) is 0 Å². The van der Waals surface area contributed by atoms with Crippen LogP contribution >= 0.6 is 0 Å². The second-order valence-electron chi connectivity index (χ2n) is 5.42. The van der Waals surface area contributed by atoms with E-state index < -0.39 is 11.6 Å². The van der Waals surface area contributed by atoms with Crippen LogP contribution in [0, 0.1) is 11.6 Å². The molecule has 0 aliphatic carbocycles. The maximum Gasteiger partial charge on any atom is 0.129 e. The number of hydrogen-bond acceptors (Lipinski definition) is 2. The molecular weight excluding hydrogens is 221 g/mol. The molecule has 2 nitrogen and oxygen atoms in total. The van der Waals surface area contributed by atoms with E-state index in [2.05, 4.69) is 28.4 Å². The molecule has 0 saturated carbocycles. The molecule has 2 rings (SSSR count). The highest BCUT2D eigenvalue weighted by molar-refractivity contribution is 6.59. The summed E-state index contributed by atoms with van der Waals surface area (Å²) in [5.74, 6) is -0.944. The summed E-state index contributed by atoms with van der Waals surface area (Å²) in [5, 5.41) is 0.118. The lowest BCUT2D eigenvalue weighted by Crippen LogP contribution is -2.65. The largest absolute Gasteiger partial charge is 0.488 e. The van der Waals surface area contributed by atoms with E-state index in [1.807, 2.05) is 0 Å². The van der Waals surface area contributed by atoms with Crippen molar-refractivity contribution in [3.63, 3.8) is 0 Å². The Hall–Kier alpha value is -0.965. The molecule has 0 aromatic heterocycles. The predicted octanol–water partition coefficient (Wildman–Crippen LogP) is -1.46. The first-order valence-electron chi connectivity index (χ1n) is 5.72. The SMILES string of the molecule is BC(B)(B)N1CC(Oc2cc(F)cc(F)c2)C1. The first-order chi connectivity index (χ1) is 7.84.